The number of hydrogen-bond acceptors (Lipinski definition) is 6. The molecule has 8 nitrogen and oxygen atoms in total. The van der Waals surface area contributed by atoms with Gasteiger partial charge in [0.15, 0.2) is 0 Å². The number of rotatable bonds is 5. The third-order valence-corrected chi connectivity index (χ3v) is 3.83. The molecule has 8 heteroatoms. The quantitative estimate of drug-likeness (QED) is 0.804. The first-order valence-electron chi connectivity index (χ1n) is 7.36. The molecule has 0 spiro atoms. The number of hydrogen-bond donors (Lipinski definition) is 2. The molecule has 2 N–H and O–H groups in total. The highest BCUT2D eigenvalue weighted by Crippen LogP contribution is 2.23. The Kier molecular flexibility index (Phi) is 3.98. The average Bonchev–Trinajstić information content (AvgIpc) is 3.10. The van der Waals surface area contributed by atoms with Gasteiger partial charge < -0.3 is 5.11 Å². The van der Waals surface area contributed by atoms with Crippen molar-refractivity contribution in [3.8, 4) is 0 Å². The molecule has 1 aliphatic heterocycles. The number of aromatic nitrogens is 6. The van der Waals surface area contributed by atoms with Gasteiger partial charge in [0, 0.05) is 19.2 Å². The minimum atomic E-state index is -0.764. The molecular weight excluding hydrogens is 270 g/mol. The molecule has 0 radical (unpaired) electrons. The Morgan fingerprint density at radius 2 is 2.38 bits per heavy atom. The van der Waals surface area contributed by atoms with Crippen LogP contribution in [0.2, 0.25) is 0 Å². The minimum absolute atomic E-state index is 0.472. The number of piperidine rings is 1. The first kappa shape index (κ1) is 14.2. The standard InChI is InChI=1S/C13H21N7O/c1-2-11-15-12(17-16-11)8-19-6-3-4-13(21,9-19)10-20-7-5-14-18-20/h5,7,21H,2-4,6,8-10H2,1H3,(H,15,16,17). The molecule has 0 amide bonds. The van der Waals surface area contributed by atoms with Crippen LogP contribution >= 0.6 is 0 Å². The molecular formula is C13H21N7O. The molecule has 0 saturated carbocycles. The minimum Gasteiger partial charge on any atom is -0.387 e. The van der Waals surface area contributed by atoms with Crippen molar-refractivity contribution in [2.24, 2.45) is 0 Å². The van der Waals surface area contributed by atoms with Crippen molar-refractivity contribution in [1.29, 1.82) is 0 Å². The summed E-state index contributed by atoms with van der Waals surface area (Å²) < 4.78 is 1.69. The fraction of sp³-hybridized carbons (Fsp3) is 0.692. The van der Waals surface area contributed by atoms with Gasteiger partial charge in [0.05, 0.1) is 24.9 Å². The Labute approximate surface area is 123 Å². The number of likely N-dealkylation sites (tertiary alicyclic amines) is 1. The summed E-state index contributed by atoms with van der Waals surface area (Å²) in [4.78, 5) is 6.64. The summed E-state index contributed by atoms with van der Waals surface area (Å²) in [5.74, 6) is 1.69. The lowest BCUT2D eigenvalue weighted by molar-refractivity contribution is -0.0483. The molecule has 0 aromatic carbocycles. The van der Waals surface area contributed by atoms with E-state index in [0.717, 1.165) is 37.5 Å². The summed E-state index contributed by atoms with van der Waals surface area (Å²) in [6.07, 6.45) is 5.97. The van der Waals surface area contributed by atoms with Crippen LogP contribution in [0.15, 0.2) is 12.4 Å². The van der Waals surface area contributed by atoms with E-state index in [1.54, 1.807) is 17.1 Å². The second kappa shape index (κ2) is 5.90. The van der Waals surface area contributed by atoms with E-state index in [1.807, 2.05) is 6.92 Å². The zero-order valence-electron chi connectivity index (χ0n) is 12.2. The van der Waals surface area contributed by atoms with Crippen molar-refractivity contribution in [1.82, 2.24) is 35.1 Å². The van der Waals surface area contributed by atoms with E-state index < -0.39 is 5.60 Å². The van der Waals surface area contributed by atoms with E-state index in [4.69, 9.17) is 0 Å². The van der Waals surface area contributed by atoms with Gasteiger partial charge >= 0.3 is 0 Å². The lowest BCUT2D eigenvalue weighted by Crippen LogP contribution is -2.50. The van der Waals surface area contributed by atoms with Gasteiger partial charge in [0.2, 0.25) is 0 Å². The van der Waals surface area contributed by atoms with Crippen LogP contribution in [0.25, 0.3) is 0 Å². The molecule has 0 bridgehead atoms. The van der Waals surface area contributed by atoms with Crippen molar-refractivity contribution in [2.45, 2.75) is 44.9 Å². The average molecular weight is 291 g/mol. The topological polar surface area (TPSA) is 95.8 Å². The van der Waals surface area contributed by atoms with E-state index in [9.17, 15) is 5.11 Å². The van der Waals surface area contributed by atoms with E-state index in [1.165, 1.54) is 0 Å². The fourth-order valence-corrected chi connectivity index (χ4v) is 2.86. The predicted molar refractivity (Wildman–Crippen MR) is 75.2 cm³/mol. The molecule has 114 valence electrons. The van der Waals surface area contributed by atoms with Gasteiger partial charge in [-0.1, -0.05) is 12.1 Å². The van der Waals surface area contributed by atoms with Crippen LogP contribution in [0.3, 0.4) is 0 Å². The molecule has 21 heavy (non-hydrogen) atoms. The van der Waals surface area contributed by atoms with Gasteiger partial charge in [-0.25, -0.2) is 9.67 Å². The highest BCUT2D eigenvalue weighted by atomic mass is 16.3. The summed E-state index contributed by atoms with van der Waals surface area (Å²) in [6, 6.07) is 0. The van der Waals surface area contributed by atoms with E-state index in [2.05, 4.69) is 30.4 Å². The number of aliphatic hydroxyl groups is 1. The van der Waals surface area contributed by atoms with Crippen LogP contribution in [0.4, 0.5) is 0 Å². The van der Waals surface area contributed by atoms with Crippen LogP contribution in [0.1, 0.15) is 31.4 Å². The number of nitrogens with one attached hydrogen (secondary N) is 1. The molecule has 1 unspecified atom stereocenters. The van der Waals surface area contributed by atoms with Crippen molar-refractivity contribution in [3.05, 3.63) is 24.0 Å². The fourth-order valence-electron chi connectivity index (χ4n) is 2.86. The van der Waals surface area contributed by atoms with Gasteiger partial charge in [0.1, 0.15) is 11.6 Å². The summed E-state index contributed by atoms with van der Waals surface area (Å²) >= 11 is 0. The van der Waals surface area contributed by atoms with E-state index in [0.29, 0.717) is 19.6 Å². The zero-order valence-corrected chi connectivity index (χ0v) is 12.2. The first-order chi connectivity index (χ1) is 10.2. The SMILES string of the molecule is CCc1n[nH]c(CN2CCCC(O)(Cn3ccnn3)C2)n1. The Hall–Kier alpha value is -1.80. The Morgan fingerprint density at radius 1 is 1.48 bits per heavy atom. The number of aromatic amines is 1. The monoisotopic (exact) mass is 291 g/mol. The summed E-state index contributed by atoms with van der Waals surface area (Å²) in [7, 11) is 0. The third kappa shape index (κ3) is 3.45. The van der Waals surface area contributed by atoms with Crippen molar-refractivity contribution in [3.63, 3.8) is 0 Å². The van der Waals surface area contributed by atoms with Crippen LogP contribution in [0, 0.1) is 0 Å². The first-order valence-corrected chi connectivity index (χ1v) is 7.36. The molecule has 0 aliphatic carbocycles. The summed E-state index contributed by atoms with van der Waals surface area (Å²) in [5.41, 5.74) is -0.764. The largest absolute Gasteiger partial charge is 0.387 e. The van der Waals surface area contributed by atoms with Crippen molar-refractivity contribution in [2.75, 3.05) is 13.1 Å². The maximum absolute atomic E-state index is 10.8. The molecule has 1 fully saturated rings. The third-order valence-electron chi connectivity index (χ3n) is 3.83. The van der Waals surface area contributed by atoms with Crippen LogP contribution in [-0.2, 0) is 19.5 Å². The Morgan fingerprint density at radius 3 is 3.10 bits per heavy atom. The molecule has 1 aliphatic rings. The summed E-state index contributed by atoms with van der Waals surface area (Å²) in [6.45, 7) is 4.76. The lowest BCUT2D eigenvalue weighted by atomic mass is 9.93. The van der Waals surface area contributed by atoms with Gasteiger partial charge in [-0.05, 0) is 19.4 Å². The maximum atomic E-state index is 10.8. The second-order valence-electron chi connectivity index (χ2n) is 5.69. The van der Waals surface area contributed by atoms with Crippen LogP contribution < -0.4 is 0 Å². The highest BCUT2D eigenvalue weighted by molar-refractivity contribution is 4.93. The lowest BCUT2D eigenvalue weighted by Gasteiger charge is -2.38. The molecule has 1 atom stereocenters. The highest BCUT2D eigenvalue weighted by Gasteiger charge is 2.34. The van der Waals surface area contributed by atoms with Gasteiger partial charge in [0.25, 0.3) is 0 Å². The second-order valence-corrected chi connectivity index (χ2v) is 5.69. The van der Waals surface area contributed by atoms with Crippen molar-refractivity contribution < 1.29 is 5.11 Å². The molecule has 2 aromatic heterocycles. The summed E-state index contributed by atoms with van der Waals surface area (Å²) in [5, 5.41) is 25.6. The molecule has 3 rings (SSSR count). The van der Waals surface area contributed by atoms with Crippen LogP contribution in [-0.4, -0.2) is 58.9 Å². The Balaban J connectivity index is 1.62. The van der Waals surface area contributed by atoms with E-state index >= 15 is 0 Å². The smallest absolute Gasteiger partial charge is 0.150 e. The number of nitrogens with zero attached hydrogens (tertiary/aromatic N) is 6. The zero-order chi connectivity index (χ0) is 14.7. The molecule has 3 heterocycles. The van der Waals surface area contributed by atoms with Crippen molar-refractivity contribution >= 4 is 0 Å². The predicted octanol–water partition coefficient (Wildman–Crippen LogP) is -0.0143. The maximum Gasteiger partial charge on any atom is 0.150 e. The van der Waals surface area contributed by atoms with Gasteiger partial charge in [-0.2, -0.15) is 5.10 Å². The number of β-amino-alcohol motifs (C(OH)–C–C–N with tert-alkyl or cyclic N) is 1. The normalized spacial score (nSPS) is 23.5. The van der Waals surface area contributed by atoms with Crippen LogP contribution in [0.5, 0.6) is 0 Å². The van der Waals surface area contributed by atoms with Gasteiger partial charge in [-0.15, -0.1) is 5.10 Å². The number of H-pyrrole nitrogens is 1. The molecule has 1 saturated heterocycles. The number of aryl methyl sites for hydroxylation is 1. The van der Waals surface area contributed by atoms with Gasteiger partial charge in [-0.3, -0.25) is 10.00 Å². The Bertz CT molecular complexity index is 567. The van der Waals surface area contributed by atoms with E-state index in [-0.39, 0.29) is 0 Å². The molecule has 2 aromatic rings.